The molecule has 0 aliphatic rings. The van der Waals surface area contributed by atoms with Gasteiger partial charge in [-0.2, -0.15) is 4.98 Å². The standard InChI is InChI=1S/C16H20N6OS/c1-4-6-13-18-15(23-21-13)11(3)24-16-20-19-14(22(16)5-2)12-7-9-17-10-8-12/h7-11H,4-6H2,1-3H3. The number of hydrogen-bond acceptors (Lipinski definition) is 7. The Hall–Kier alpha value is -2.22. The first-order valence-electron chi connectivity index (χ1n) is 8.05. The number of aryl methyl sites for hydroxylation is 1. The van der Waals surface area contributed by atoms with Crippen LogP contribution in [0.3, 0.4) is 0 Å². The fourth-order valence-electron chi connectivity index (χ4n) is 2.34. The Kier molecular flexibility index (Phi) is 5.24. The summed E-state index contributed by atoms with van der Waals surface area (Å²) in [4.78, 5) is 8.50. The van der Waals surface area contributed by atoms with E-state index in [4.69, 9.17) is 4.52 Å². The van der Waals surface area contributed by atoms with Crippen molar-refractivity contribution in [2.45, 2.75) is 50.6 Å². The maximum Gasteiger partial charge on any atom is 0.239 e. The van der Waals surface area contributed by atoms with Gasteiger partial charge in [-0.05, 0) is 32.4 Å². The Balaban J connectivity index is 1.81. The predicted octanol–water partition coefficient (Wildman–Crippen LogP) is 3.55. The zero-order valence-electron chi connectivity index (χ0n) is 14.0. The average molecular weight is 344 g/mol. The molecule has 0 bridgehead atoms. The van der Waals surface area contributed by atoms with Gasteiger partial charge in [0.1, 0.15) is 0 Å². The van der Waals surface area contributed by atoms with Crippen molar-refractivity contribution in [3.8, 4) is 11.4 Å². The fraction of sp³-hybridized carbons (Fsp3) is 0.438. The van der Waals surface area contributed by atoms with Gasteiger partial charge in [-0.25, -0.2) is 0 Å². The molecule has 3 aromatic heterocycles. The highest BCUT2D eigenvalue weighted by atomic mass is 32.2. The molecule has 1 unspecified atom stereocenters. The Morgan fingerprint density at radius 3 is 2.71 bits per heavy atom. The van der Waals surface area contributed by atoms with E-state index < -0.39 is 0 Å². The Labute approximate surface area is 144 Å². The van der Waals surface area contributed by atoms with Crippen molar-refractivity contribution in [1.82, 2.24) is 29.9 Å². The van der Waals surface area contributed by atoms with Gasteiger partial charge in [0.25, 0.3) is 0 Å². The topological polar surface area (TPSA) is 82.5 Å². The first-order valence-corrected chi connectivity index (χ1v) is 8.93. The highest BCUT2D eigenvalue weighted by Gasteiger charge is 2.20. The zero-order valence-corrected chi connectivity index (χ0v) is 14.8. The normalized spacial score (nSPS) is 12.5. The second-order valence-electron chi connectivity index (χ2n) is 5.35. The van der Waals surface area contributed by atoms with E-state index in [2.05, 4.69) is 43.7 Å². The molecule has 3 rings (SSSR count). The summed E-state index contributed by atoms with van der Waals surface area (Å²) in [6.45, 7) is 6.99. The Morgan fingerprint density at radius 1 is 1.21 bits per heavy atom. The van der Waals surface area contributed by atoms with Gasteiger partial charge < -0.3 is 9.09 Å². The molecule has 0 aliphatic carbocycles. The molecular formula is C16H20N6OS. The van der Waals surface area contributed by atoms with Gasteiger partial charge in [0.05, 0.1) is 5.25 Å². The molecular weight excluding hydrogens is 324 g/mol. The molecule has 0 amide bonds. The summed E-state index contributed by atoms with van der Waals surface area (Å²) in [5.41, 5.74) is 1.00. The summed E-state index contributed by atoms with van der Waals surface area (Å²) in [5.74, 6) is 2.22. The van der Waals surface area contributed by atoms with Gasteiger partial charge in [0.15, 0.2) is 16.8 Å². The molecule has 0 radical (unpaired) electrons. The molecule has 1 atom stereocenters. The van der Waals surface area contributed by atoms with Crippen LogP contribution < -0.4 is 0 Å². The number of nitrogens with zero attached hydrogens (tertiary/aromatic N) is 6. The van der Waals surface area contributed by atoms with Crippen molar-refractivity contribution in [2.75, 3.05) is 0 Å². The largest absolute Gasteiger partial charge is 0.338 e. The molecule has 126 valence electrons. The van der Waals surface area contributed by atoms with E-state index in [1.165, 1.54) is 0 Å². The molecule has 3 heterocycles. The maximum absolute atomic E-state index is 5.37. The van der Waals surface area contributed by atoms with E-state index in [-0.39, 0.29) is 5.25 Å². The zero-order chi connectivity index (χ0) is 16.9. The quantitative estimate of drug-likeness (QED) is 0.606. The highest BCUT2D eigenvalue weighted by molar-refractivity contribution is 7.99. The summed E-state index contributed by atoms with van der Waals surface area (Å²) in [5, 5.41) is 13.5. The average Bonchev–Trinajstić information content (AvgIpc) is 3.23. The van der Waals surface area contributed by atoms with Crippen LogP contribution in [0.5, 0.6) is 0 Å². The van der Waals surface area contributed by atoms with Crippen LogP contribution in [-0.4, -0.2) is 29.9 Å². The SMILES string of the molecule is CCCc1noc(C(C)Sc2nnc(-c3ccncc3)n2CC)n1. The second kappa shape index (κ2) is 7.57. The van der Waals surface area contributed by atoms with Crippen LogP contribution in [0.1, 0.15) is 44.2 Å². The lowest BCUT2D eigenvalue weighted by Crippen LogP contribution is -2.01. The van der Waals surface area contributed by atoms with Crippen molar-refractivity contribution in [3.63, 3.8) is 0 Å². The smallest absolute Gasteiger partial charge is 0.239 e. The van der Waals surface area contributed by atoms with Crippen molar-refractivity contribution < 1.29 is 4.52 Å². The molecule has 8 heteroatoms. The monoisotopic (exact) mass is 344 g/mol. The van der Waals surface area contributed by atoms with Crippen LogP contribution in [0.25, 0.3) is 11.4 Å². The second-order valence-corrected chi connectivity index (χ2v) is 6.65. The summed E-state index contributed by atoms with van der Waals surface area (Å²) < 4.78 is 7.45. The highest BCUT2D eigenvalue weighted by Crippen LogP contribution is 2.34. The van der Waals surface area contributed by atoms with Gasteiger partial charge in [-0.3, -0.25) is 4.98 Å². The summed E-state index contributed by atoms with van der Waals surface area (Å²) >= 11 is 1.57. The molecule has 0 saturated carbocycles. The van der Waals surface area contributed by atoms with Gasteiger partial charge in [0.2, 0.25) is 5.89 Å². The van der Waals surface area contributed by atoms with Gasteiger partial charge >= 0.3 is 0 Å². The van der Waals surface area contributed by atoms with Gasteiger partial charge in [-0.15, -0.1) is 10.2 Å². The number of pyridine rings is 1. The van der Waals surface area contributed by atoms with Crippen molar-refractivity contribution in [2.24, 2.45) is 0 Å². The van der Waals surface area contributed by atoms with Crippen molar-refractivity contribution in [1.29, 1.82) is 0 Å². The van der Waals surface area contributed by atoms with Crippen molar-refractivity contribution in [3.05, 3.63) is 36.2 Å². The summed E-state index contributed by atoms with van der Waals surface area (Å²) in [6.07, 6.45) is 5.35. The third kappa shape index (κ3) is 3.48. The van der Waals surface area contributed by atoms with Gasteiger partial charge in [-0.1, -0.05) is 23.8 Å². The van der Waals surface area contributed by atoms with Crippen LogP contribution >= 0.6 is 11.8 Å². The lowest BCUT2D eigenvalue weighted by Gasteiger charge is -2.09. The van der Waals surface area contributed by atoms with Crippen molar-refractivity contribution >= 4 is 11.8 Å². The van der Waals surface area contributed by atoms with Crippen LogP contribution in [0.15, 0.2) is 34.2 Å². The van der Waals surface area contributed by atoms with E-state index >= 15 is 0 Å². The van der Waals surface area contributed by atoms with E-state index in [1.54, 1.807) is 24.2 Å². The first-order chi connectivity index (χ1) is 11.7. The lowest BCUT2D eigenvalue weighted by atomic mass is 10.2. The molecule has 24 heavy (non-hydrogen) atoms. The van der Waals surface area contributed by atoms with E-state index in [0.29, 0.717) is 5.89 Å². The third-order valence-electron chi connectivity index (χ3n) is 3.56. The number of hydrogen-bond donors (Lipinski definition) is 0. The number of thioether (sulfide) groups is 1. The molecule has 0 aromatic carbocycles. The Bertz CT molecular complexity index is 785. The minimum absolute atomic E-state index is 0.0166. The van der Waals surface area contributed by atoms with Gasteiger partial charge in [0, 0.05) is 30.9 Å². The molecule has 0 N–H and O–H groups in total. The molecule has 0 fully saturated rings. The predicted molar refractivity (Wildman–Crippen MR) is 91.5 cm³/mol. The van der Waals surface area contributed by atoms with E-state index in [1.807, 2.05) is 19.1 Å². The van der Waals surface area contributed by atoms with E-state index in [0.717, 1.165) is 41.8 Å². The molecule has 0 aliphatic heterocycles. The molecule has 3 aromatic rings. The third-order valence-corrected chi connectivity index (χ3v) is 4.63. The van der Waals surface area contributed by atoms with E-state index in [9.17, 15) is 0 Å². The van der Waals surface area contributed by atoms with Crippen LogP contribution in [0.2, 0.25) is 0 Å². The van der Waals surface area contributed by atoms with Crippen LogP contribution in [0, 0.1) is 0 Å². The maximum atomic E-state index is 5.37. The molecule has 7 nitrogen and oxygen atoms in total. The first kappa shape index (κ1) is 16.6. The molecule has 0 saturated heterocycles. The summed E-state index contributed by atoms with van der Waals surface area (Å²) in [6, 6.07) is 3.87. The fourth-order valence-corrected chi connectivity index (χ4v) is 3.29. The molecule has 0 spiro atoms. The minimum Gasteiger partial charge on any atom is -0.338 e. The van der Waals surface area contributed by atoms with Crippen LogP contribution in [-0.2, 0) is 13.0 Å². The number of rotatable bonds is 7. The number of aromatic nitrogens is 6. The van der Waals surface area contributed by atoms with Crippen LogP contribution in [0.4, 0.5) is 0 Å². The minimum atomic E-state index is 0.0166. The summed E-state index contributed by atoms with van der Waals surface area (Å²) in [7, 11) is 0. The Morgan fingerprint density at radius 2 is 2.00 bits per heavy atom. The lowest BCUT2D eigenvalue weighted by molar-refractivity contribution is 0.374.